The molecule has 2 aromatic rings. The summed E-state index contributed by atoms with van der Waals surface area (Å²) < 4.78 is 33.0. The van der Waals surface area contributed by atoms with Crippen molar-refractivity contribution in [3.63, 3.8) is 0 Å². The topological polar surface area (TPSA) is 57.2 Å². The van der Waals surface area contributed by atoms with Crippen LogP contribution in [0, 0.1) is 0 Å². The summed E-state index contributed by atoms with van der Waals surface area (Å²) in [6.45, 7) is 9.15. The fourth-order valence-electron chi connectivity index (χ4n) is 4.72. The van der Waals surface area contributed by atoms with E-state index in [0.29, 0.717) is 12.0 Å². The molecule has 0 aliphatic heterocycles. The smallest absolute Gasteiger partial charge is 0.124 e. The van der Waals surface area contributed by atoms with E-state index in [4.69, 9.17) is 0 Å². The Morgan fingerprint density at radius 2 is 1.14 bits per heavy atom. The summed E-state index contributed by atoms with van der Waals surface area (Å²) in [5, 5.41) is 0. The van der Waals surface area contributed by atoms with E-state index in [0.717, 1.165) is 25.7 Å². The average molecular weight is 535 g/mol. The molecule has 36 heavy (non-hydrogen) atoms. The van der Waals surface area contributed by atoms with Crippen LogP contribution in [0.25, 0.3) is 0 Å². The van der Waals surface area contributed by atoms with Gasteiger partial charge in [0.05, 0.1) is 29.5 Å². The van der Waals surface area contributed by atoms with E-state index in [2.05, 4.69) is 58.0 Å². The highest BCUT2D eigenvalue weighted by molar-refractivity contribution is 7.85. The van der Waals surface area contributed by atoms with Gasteiger partial charge in [0.25, 0.3) is 0 Å². The first kappa shape index (κ1) is 32.8. The maximum Gasteiger partial charge on any atom is 0.124 e. The van der Waals surface area contributed by atoms with Crippen molar-refractivity contribution in [3.8, 4) is 0 Å². The normalized spacial score (nSPS) is 11.7. The highest BCUT2D eigenvalue weighted by Crippen LogP contribution is 2.63. The molecule has 0 saturated heterocycles. The van der Waals surface area contributed by atoms with Crippen molar-refractivity contribution >= 4 is 17.4 Å². The Balaban J connectivity index is 0.000000369. The number of benzene rings is 2. The van der Waals surface area contributed by atoms with Crippen molar-refractivity contribution < 1.29 is 13.0 Å². The summed E-state index contributed by atoms with van der Waals surface area (Å²) in [6, 6.07) is 17.7. The van der Waals surface area contributed by atoms with Gasteiger partial charge < -0.3 is 4.55 Å². The lowest BCUT2D eigenvalue weighted by Gasteiger charge is -2.28. The third kappa shape index (κ3) is 13.4. The minimum Gasteiger partial charge on any atom is -0.744 e. The Kier molecular flexibility index (Phi) is 17.3. The molecule has 0 aromatic heterocycles. The van der Waals surface area contributed by atoms with Crippen LogP contribution in [0.4, 0.5) is 0 Å². The van der Waals surface area contributed by atoms with Gasteiger partial charge in [-0.3, -0.25) is 0 Å². The van der Waals surface area contributed by atoms with Gasteiger partial charge in [-0.2, -0.15) is 0 Å². The molecule has 3 nitrogen and oxygen atoms in total. The molecular formula is C31H51O3PS. The molecule has 0 spiro atoms. The molecule has 204 valence electrons. The van der Waals surface area contributed by atoms with Gasteiger partial charge in [0, 0.05) is 7.26 Å². The van der Waals surface area contributed by atoms with Gasteiger partial charge in [-0.25, -0.2) is 8.42 Å². The zero-order valence-electron chi connectivity index (χ0n) is 23.4. The van der Waals surface area contributed by atoms with Crippen LogP contribution >= 0.6 is 7.26 Å². The summed E-state index contributed by atoms with van der Waals surface area (Å²) in [7, 11) is -5.09. The van der Waals surface area contributed by atoms with Crippen LogP contribution in [-0.2, 0) is 22.7 Å². The summed E-state index contributed by atoms with van der Waals surface area (Å²) in [4.78, 5) is -0.0634. The second kappa shape index (κ2) is 18.9. The number of unbranched alkanes of at least 4 members (excludes halogenated alkanes) is 6. The van der Waals surface area contributed by atoms with Crippen molar-refractivity contribution in [2.45, 2.75) is 109 Å². The van der Waals surface area contributed by atoms with Crippen LogP contribution in [-0.4, -0.2) is 31.5 Å². The average Bonchev–Trinajstić information content (AvgIpc) is 2.88. The monoisotopic (exact) mass is 534 g/mol. The van der Waals surface area contributed by atoms with E-state index in [-0.39, 0.29) is 4.90 Å². The van der Waals surface area contributed by atoms with Gasteiger partial charge >= 0.3 is 0 Å². The summed E-state index contributed by atoms with van der Waals surface area (Å²) in [5.74, 6) is 0. The number of hydrogen-bond donors (Lipinski definition) is 0. The van der Waals surface area contributed by atoms with Crippen molar-refractivity contribution in [3.05, 3.63) is 65.7 Å². The Labute approximate surface area is 223 Å². The van der Waals surface area contributed by atoms with Gasteiger partial charge in [0.15, 0.2) is 0 Å². The van der Waals surface area contributed by atoms with Crippen molar-refractivity contribution in [1.29, 1.82) is 0 Å². The molecule has 0 amide bonds. The van der Waals surface area contributed by atoms with Crippen LogP contribution in [0.15, 0.2) is 59.5 Å². The molecule has 0 aliphatic carbocycles. The lowest BCUT2D eigenvalue weighted by Crippen LogP contribution is -2.11. The van der Waals surface area contributed by atoms with Gasteiger partial charge in [-0.15, -0.1) is 0 Å². The highest BCUT2D eigenvalue weighted by atomic mass is 32.2. The second-order valence-corrected chi connectivity index (χ2v) is 15.8. The number of hydrogen-bond acceptors (Lipinski definition) is 3. The molecule has 0 heterocycles. The van der Waals surface area contributed by atoms with Crippen LogP contribution in [0.3, 0.4) is 0 Å². The quantitative estimate of drug-likeness (QED) is 0.115. The van der Waals surface area contributed by atoms with Crippen LogP contribution < -0.4 is 0 Å². The van der Waals surface area contributed by atoms with Gasteiger partial charge in [-0.05, 0) is 49.3 Å². The zero-order valence-corrected chi connectivity index (χ0v) is 25.1. The Morgan fingerprint density at radius 1 is 0.639 bits per heavy atom. The number of rotatable bonds is 17. The lowest BCUT2D eigenvalue weighted by molar-refractivity contribution is 0.461. The summed E-state index contributed by atoms with van der Waals surface area (Å²) in [5.41, 5.74) is 2.23. The maximum absolute atomic E-state index is 11.0. The third-order valence-electron chi connectivity index (χ3n) is 6.86. The minimum atomic E-state index is -4.33. The van der Waals surface area contributed by atoms with Crippen molar-refractivity contribution in [1.82, 2.24) is 0 Å². The largest absolute Gasteiger partial charge is 0.744 e. The molecule has 5 heteroatoms. The highest BCUT2D eigenvalue weighted by Gasteiger charge is 2.35. The molecule has 0 fully saturated rings. The molecule has 0 radical (unpaired) electrons. The SMILES string of the molecule is CCCCCCc1ccccc1S(=O)(=O)[O-].CCCC[P+](CCCC)(CCCC)Cc1ccccc1. The first-order chi connectivity index (χ1) is 17.3. The van der Waals surface area contributed by atoms with E-state index in [9.17, 15) is 13.0 Å². The first-order valence-corrected chi connectivity index (χ1v) is 18.2. The molecule has 0 N–H and O–H groups in total. The van der Waals surface area contributed by atoms with Gasteiger partial charge in [-0.1, -0.05) is 115 Å². The van der Waals surface area contributed by atoms with E-state index >= 15 is 0 Å². The Morgan fingerprint density at radius 3 is 1.64 bits per heavy atom. The predicted molar refractivity (Wildman–Crippen MR) is 159 cm³/mol. The Hall–Kier alpha value is -1.22. The van der Waals surface area contributed by atoms with Crippen LogP contribution in [0.5, 0.6) is 0 Å². The molecule has 0 bridgehead atoms. The molecule has 0 unspecified atom stereocenters. The number of aryl methyl sites for hydroxylation is 1. The van der Waals surface area contributed by atoms with E-state index in [1.54, 1.807) is 23.8 Å². The predicted octanol–water partition coefficient (Wildman–Crippen LogP) is 9.32. The first-order valence-electron chi connectivity index (χ1n) is 14.2. The van der Waals surface area contributed by atoms with Crippen molar-refractivity contribution in [2.24, 2.45) is 0 Å². The maximum atomic E-state index is 11.0. The third-order valence-corrected chi connectivity index (χ3v) is 12.6. The molecule has 2 rings (SSSR count). The summed E-state index contributed by atoms with van der Waals surface area (Å²) >= 11 is 0. The van der Waals surface area contributed by atoms with E-state index < -0.39 is 17.4 Å². The molecular weight excluding hydrogens is 483 g/mol. The van der Waals surface area contributed by atoms with Crippen molar-refractivity contribution in [2.75, 3.05) is 18.5 Å². The standard InChI is InChI=1S/C19H34P.C12H18O3S/c1-4-7-15-20(16-8-5-2,17-9-6-3)18-19-13-11-10-12-14-19;1-2-3-4-5-8-11-9-6-7-10-12(11)16(13,14)15/h10-14H,4-9,15-18H2,1-3H3;6-7,9-10H,2-5,8H2,1H3,(H,13,14,15)/q+1;/p-1. The van der Waals surface area contributed by atoms with E-state index in [1.807, 2.05) is 0 Å². The summed E-state index contributed by atoms with van der Waals surface area (Å²) in [6.07, 6.45) is 19.3. The molecule has 2 aromatic carbocycles. The second-order valence-electron chi connectivity index (χ2n) is 10.1. The molecule has 0 aliphatic rings. The minimum absolute atomic E-state index is 0.0634. The van der Waals surface area contributed by atoms with Gasteiger partial charge in [0.2, 0.25) is 0 Å². The lowest BCUT2D eigenvalue weighted by atomic mass is 10.1. The van der Waals surface area contributed by atoms with Crippen LogP contribution in [0.1, 0.15) is 103 Å². The Bertz CT molecular complexity index is 891. The molecule has 0 atom stereocenters. The van der Waals surface area contributed by atoms with E-state index in [1.165, 1.54) is 69.2 Å². The molecule has 0 saturated carbocycles. The van der Waals surface area contributed by atoms with Crippen LogP contribution in [0.2, 0.25) is 0 Å². The fraction of sp³-hybridized carbons (Fsp3) is 0.613. The van der Waals surface area contributed by atoms with Gasteiger partial charge in [0.1, 0.15) is 10.1 Å². The zero-order chi connectivity index (χ0) is 26.7. The fourth-order valence-corrected chi connectivity index (χ4v) is 10.5.